The van der Waals surface area contributed by atoms with Crippen molar-refractivity contribution in [1.82, 2.24) is 34.6 Å². The number of nitrogens with zero attached hydrogens (tertiary/aromatic N) is 8. The molecule has 5 aromatic rings. The number of carbonyl (C=O) groups is 4. The molecule has 284 valence electrons. The summed E-state index contributed by atoms with van der Waals surface area (Å²) in [6, 6.07) is 17.9. The topological polar surface area (TPSA) is 137 Å². The molecule has 5 aliphatic heterocycles. The molecule has 0 saturated carbocycles. The number of hydrogen-bond donors (Lipinski definition) is 1. The highest BCUT2D eigenvalue weighted by molar-refractivity contribution is 6.06. The van der Waals surface area contributed by atoms with Gasteiger partial charge >= 0.3 is 0 Å². The van der Waals surface area contributed by atoms with Gasteiger partial charge in [0, 0.05) is 123 Å². The van der Waals surface area contributed by atoms with Gasteiger partial charge in [0.2, 0.25) is 17.7 Å². The Hall–Kier alpha value is -6.11. The molecule has 0 radical (unpaired) electrons. The molecule has 0 spiro atoms. The molecule has 2 aromatic carbocycles. The summed E-state index contributed by atoms with van der Waals surface area (Å²) in [5, 5.41) is 4.50. The Balaban J connectivity index is 0.829. The van der Waals surface area contributed by atoms with E-state index in [1.54, 1.807) is 11.8 Å². The number of pyridine rings is 2. The zero-order chi connectivity index (χ0) is 38.2. The van der Waals surface area contributed by atoms with Crippen LogP contribution in [-0.2, 0) is 40.4 Å². The standard InChI is InChI=1S/C43H43N9O4/c1-3-38-46-41(37-24-48(25(2)53)14-15-51(37)38)30-7-4-6-26-16-34(44-18-32(26)30)27-10-12-39(45-17-27)50-21-28-19-49(20-29(28)22-50)35-9-5-8-31-33(35)23-52(43(31)56)36-11-13-40(54)47-42(36)55/h4-10,12,16-18,28-29,36H,3,11,13-15,19-24H2,1-2H3,(H,47,54,55)/t28-,29?,36?/m0/s1. The summed E-state index contributed by atoms with van der Waals surface area (Å²) < 4.78 is 2.28. The van der Waals surface area contributed by atoms with Crippen LogP contribution in [0.3, 0.4) is 0 Å². The van der Waals surface area contributed by atoms with E-state index in [1.807, 2.05) is 29.4 Å². The molecule has 56 heavy (non-hydrogen) atoms. The Morgan fingerprint density at radius 3 is 2.41 bits per heavy atom. The van der Waals surface area contributed by atoms with Crippen molar-refractivity contribution in [2.45, 2.75) is 58.8 Å². The minimum Gasteiger partial charge on any atom is -0.371 e. The molecule has 3 fully saturated rings. The second-order valence-corrected chi connectivity index (χ2v) is 15.8. The Morgan fingerprint density at radius 2 is 1.66 bits per heavy atom. The molecular weight excluding hydrogens is 707 g/mol. The van der Waals surface area contributed by atoms with E-state index < -0.39 is 6.04 Å². The van der Waals surface area contributed by atoms with Gasteiger partial charge in [-0.25, -0.2) is 9.97 Å². The SMILES string of the molecule is CCc1nc(-c2cccc3cc(-c4ccc(N5CC6CN(c7cccc8c7CN(C7CCC(=O)NC7=O)C8=O)C[C@H]6C5)nc4)ncc23)c2n1CCN(C(C)=O)C2. The van der Waals surface area contributed by atoms with E-state index in [0.717, 1.165) is 101 Å². The second-order valence-electron chi connectivity index (χ2n) is 15.8. The van der Waals surface area contributed by atoms with Crippen molar-refractivity contribution >= 4 is 45.9 Å². The number of aryl methyl sites for hydroxylation is 1. The van der Waals surface area contributed by atoms with E-state index in [0.29, 0.717) is 43.5 Å². The van der Waals surface area contributed by atoms with Gasteiger partial charge in [0.1, 0.15) is 17.7 Å². The van der Waals surface area contributed by atoms with Crippen molar-refractivity contribution in [3.8, 4) is 22.5 Å². The third-order valence-electron chi connectivity index (χ3n) is 12.6. The summed E-state index contributed by atoms with van der Waals surface area (Å²) in [6.07, 6.45) is 5.29. The molecule has 5 aliphatic rings. The van der Waals surface area contributed by atoms with Crippen LogP contribution in [0, 0.1) is 11.8 Å². The van der Waals surface area contributed by atoms with Crippen LogP contribution >= 0.6 is 0 Å². The fourth-order valence-electron chi connectivity index (χ4n) is 9.70. The van der Waals surface area contributed by atoms with Gasteiger partial charge in [-0.05, 0) is 42.1 Å². The monoisotopic (exact) mass is 749 g/mol. The van der Waals surface area contributed by atoms with Gasteiger partial charge in [0.15, 0.2) is 0 Å². The maximum atomic E-state index is 13.4. The van der Waals surface area contributed by atoms with Gasteiger partial charge in [0.05, 0.1) is 23.6 Å². The summed E-state index contributed by atoms with van der Waals surface area (Å²) in [5.74, 6) is 2.21. The summed E-state index contributed by atoms with van der Waals surface area (Å²) >= 11 is 0. The van der Waals surface area contributed by atoms with Gasteiger partial charge in [-0.15, -0.1) is 0 Å². The van der Waals surface area contributed by atoms with Gasteiger partial charge < -0.3 is 24.2 Å². The van der Waals surface area contributed by atoms with Crippen molar-refractivity contribution < 1.29 is 19.2 Å². The van der Waals surface area contributed by atoms with Crippen molar-refractivity contribution in [3.05, 3.63) is 89.6 Å². The number of imidazole rings is 1. The van der Waals surface area contributed by atoms with Crippen LogP contribution in [0.25, 0.3) is 33.3 Å². The lowest BCUT2D eigenvalue weighted by molar-refractivity contribution is -0.137. The number of amides is 4. The van der Waals surface area contributed by atoms with E-state index in [2.05, 4.69) is 69.1 Å². The number of nitrogens with one attached hydrogen (secondary N) is 1. The Morgan fingerprint density at radius 1 is 0.875 bits per heavy atom. The molecule has 0 bridgehead atoms. The maximum Gasteiger partial charge on any atom is 0.255 e. The molecule has 10 rings (SSSR count). The van der Waals surface area contributed by atoms with Crippen molar-refractivity contribution in [2.24, 2.45) is 11.8 Å². The summed E-state index contributed by atoms with van der Waals surface area (Å²) in [7, 11) is 0. The number of aromatic nitrogens is 4. The van der Waals surface area contributed by atoms with Crippen LogP contribution in [0.5, 0.6) is 0 Å². The number of fused-ring (bicyclic) bond motifs is 4. The summed E-state index contributed by atoms with van der Waals surface area (Å²) in [5.41, 5.74) is 7.54. The number of anilines is 2. The minimum atomic E-state index is -0.620. The van der Waals surface area contributed by atoms with Crippen LogP contribution in [0.2, 0.25) is 0 Å². The first-order valence-electron chi connectivity index (χ1n) is 19.7. The molecule has 13 heteroatoms. The smallest absolute Gasteiger partial charge is 0.255 e. The number of benzene rings is 2. The molecule has 3 atom stereocenters. The molecule has 3 saturated heterocycles. The highest BCUT2D eigenvalue weighted by atomic mass is 16.2. The Kier molecular flexibility index (Phi) is 8.15. The Bertz CT molecular complexity index is 2450. The number of piperidine rings is 1. The van der Waals surface area contributed by atoms with Crippen LogP contribution in [0.15, 0.2) is 67.0 Å². The average molecular weight is 750 g/mol. The summed E-state index contributed by atoms with van der Waals surface area (Å²) in [6.45, 7) is 9.74. The van der Waals surface area contributed by atoms with Gasteiger partial charge in [0.25, 0.3) is 5.91 Å². The predicted molar refractivity (Wildman–Crippen MR) is 211 cm³/mol. The van der Waals surface area contributed by atoms with Crippen molar-refractivity contribution in [1.29, 1.82) is 0 Å². The second kappa shape index (κ2) is 13.3. The van der Waals surface area contributed by atoms with Crippen molar-refractivity contribution in [2.75, 3.05) is 42.5 Å². The zero-order valence-corrected chi connectivity index (χ0v) is 31.6. The number of hydrogen-bond acceptors (Lipinski definition) is 9. The molecule has 0 aliphatic carbocycles. The van der Waals surface area contributed by atoms with E-state index in [4.69, 9.17) is 15.0 Å². The number of carbonyl (C=O) groups excluding carboxylic acids is 4. The lowest BCUT2D eigenvalue weighted by Crippen LogP contribution is -2.52. The minimum absolute atomic E-state index is 0.0813. The van der Waals surface area contributed by atoms with Gasteiger partial charge in [-0.1, -0.05) is 31.2 Å². The lowest BCUT2D eigenvalue weighted by atomic mass is 10.0. The first-order chi connectivity index (χ1) is 27.2. The first kappa shape index (κ1) is 34.4. The molecule has 4 amide bonds. The first-order valence-corrected chi connectivity index (χ1v) is 19.7. The number of imide groups is 1. The van der Waals surface area contributed by atoms with E-state index >= 15 is 0 Å². The normalized spacial score (nSPS) is 21.8. The third-order valence-corrected chi connectivity index (χ3v) is 12.6. The van der Waals surface area contributed by atoms with E-state index in [9.17, 15) is 19.2 Å². The highest BCUT2D eigenvalue weighted by Gasteiger charge is 2.44. The fraction of sp³-hybridized carbons (Fsp3) is 0.372. The summed E-state index contributed by atoms with van der Waals surface area (Å²) in [4.78, 5) is 73.2. The maximum absolute atomic E-state index is 13.4. The molecule has 3 aromatic heterocycles. The average Bonchev–Trinajstić information content (AvgIpc) is 3.98. The van der Waals surface area contributed by atoms with Crippen LogP contribution in [0.1, 0.15) is 54.1 Å². The largest absolute Gasteiger partial charge is 0.371 e. The Labute approximate surface area is 324 Å². The molecule has 2 unspecified atom stereocenters. The highest BCUT2D eigenvalue weighted by Crippen LogP contribution is 2.41. The van der Waals surface area contributed by atoms with Crippen LogP contribution in [0.4, 0.5) is 11.5 Å². The fourth-order valence-corrected chi connectivity index (χ4v) is 9.70. The molecule has 8 heterocycles. The predicted octanol–water partition coefficient (Wildman–Crippen LogP) is 4.42. The van der Waals surface area contributed by atoms with Crippen molar-refractivity contribution in [3.63, 3.8) is 0 Å². The third kappa shape index (κ3) is 5.62. The molecular formula is C43H43N9O4. The molecule has 13 nitrogen and oxygen atoms in total. The zero-order valence-electron chi connectivity index (χ0n) is 31.6. The van der Waals surface area contributed by atoms with E-state index in [1.165, 1.54) is 0 Å². The lowest BCUT2D eigenvalue weighted by Gasteiger charge is -2.29. The number of rotatable bonds is 6. The van der Waals surface area contributed by atoms with E-state index in [-0.39, 0.29) is 30.0 Å². The van der Waals surface area contributed by atoms with Crippen LogP contribution < -0.4 is 15.1 Å². The van der Waals surface area contributed by atoms with Crippen LogP contribution in [-0.4, -0.2) is 91.7 Å². The molecule has 1 N–H and O–H groups in total. The quantitative estimate of drug-likeness (QED) is 0.250. The van der Waals surface area contributed by atoms with Gasteiger partial charge in [-0.2, -0.15) is 0 Å². The van der Waals surface area contributed by atoms with Gasteiger partial charge in [-0.3, -0.25) is 29.5 Å².